The molecule has 0 bridgehead atoms. The molecule has 0 fully saturated rings. The summed E-state index contributed by atoms with van der Waals surface area (Å²) in [6, 6.07) is 5.33. The number of halogens is 3. The molecular weight excluding hydrogens is 254 g/mol. The number of aliphatic imine (C=N–C) groups is 1. The molecule has 0 unspecified atom stereocenters. The summed E-state index contributed by atoms with van der Waals surface area (Å²) < 4.78 is 0. The number of hydrogen-bond acceptors (Lipinski definition) is 1. The molecule has 1 aromatic rings. The van der Waals surface area contributed by atoms with Crippen molar-refractivity contribution in [1.29, 1.82) is 0 Å². The van der Waals surface area contributed by atoms with E-state index in [1.165, 1.54) is 0 Å². The average Bonchev–Trinajstić information content (AvgIpc) is 2.09. The fraction of sp³-hybridized carbons (Fsp3) is 0.100. The van der Waals surface area contributed by atoms with E-state index in [4.69, 9.17) is 28.9 Å². The van der Waals surface area contributed by atoms with Crippen LogP contribution in [0.2, 0.25) is 10.0 Å². The van der Waals surface area contributed by atoms with Gasteiger partial charge >= 0.3 is 0 Å². The molecule has 0 radical (unpaired) electrons. The van der Waals surface area contributed by atoms with Crippen LogP contribution in [0.3, 0.4) is 0 Å². The molecule has 0 spiro atoms. The molecule has 0 heterocycles. The van der Waals surface area contributed by atoms with E-state index in [2.05, 4.69) is 4.99 Å². The molecule has 2 nitrogen and oxygen atoms in total. The van der Waals surface area contributed by atoms with Crippen molar-refractivity contribution in [3.8, 4) is 0 Å². The smallest absolute Gasteiger partial charge is 0.0957 e. The SMILES string of the molecule is CC(N)=NC=Cc1c(Cl)cccc1Cl.Cl. The minimum absolute atomic E-state index is 0. The van der Waals surface area contributed by atoms with Crippen LogP contribution in [0.25, 0.3) is 6.08 Å². The van der Waals surface area contributed by atoms with Crippen molar-refractivity contribution in [1.82, 2.24) is 0 Å². The van der Waals surface area contributed by atoms with Crippen LogP contribution in [0.1, 0.15) is 12.5 Å². The highest BCUT2D eigenvalue weighted by Crippen LogP contribution is 2.25. The zero-order valence-corrected chi connectivity index (χ0v) is 10.4. The normalized spacial score (nSPS) is 11.5. The third-order valence-corrected chi connectivity index (χ3v) is 2.18. The Bertz CT molecular complexity index is 362. The molecule has 0 saturated carbocycles. The Hall–Kier alpha value is -0.700. The Morgan fingerprint density at radius 1 is 1.33 bits per heavy atom. The van der Waals surface area contributed by atoms with Crippen LogP contribution in [0.5, 0.6) is 0 Å². The van der Waals surface area contributed by atoms with E-state index in [0.29, 0.717) is 15.9 Å². The van der Waals surface area contributed by atoms with Crippen molar-refractivity contribution in [2.24, 2.45) is 10.7 Å². The van der Waals surface area contributed by atoms with Gasteiger partial charge in [-0.2, -0.15) is 0 Å². The van der Waals surface area contributed by atoms with E-state index in [9.17, 15) is 0 Å². The minimum Gasteiger partial charge on any atom is -0.387 e. The Labute approximate surface area is 105 Å². The summed E-state index contributed by atoms with van der Waals surface area (Å²) in [5.74, 6) is 0.490. The van der Waals surface area contributed by atoms with Crippen LogP contribution in [-0.4, -0.2) is 5.84 Å². The van der Waals surface area contributed by atoms with Crippen molar-refractivity contribution < 1.29 is 0 Å². The van der Waals surface area contributed by atoms with E-state index >= 15 is 0 Å². The second-order valence-electron chi connectivity index (χ2n) is 2.72. The zero-order chi connectivity index (χ0) is 10.6. The number of rotatable bonds is 2. The highest BCUT2D eigenvalue weighted by atomic mass is 35.5. The summed E-state index contributed by atoms with van der Waals surface area (Å²) in [6.07, 6.45) is 3.30. The van der Waals surface area contributed by atoms with Crippen molar-refractivity contribution in [3.63, 3.8) is 0 Å². The predicted molar refractivity (Wildman–Crippen MR) is 70.0 cm³/mol. The van der Waals surface area contributed by atoms with E-state index < -0.39 is 0 Å². The third kappa shape index (κ3) is 4.56. The Kier molecular flexibility index (Phi) is 6.41. The van der Waals surface area contributed by atoms with Gasteiger partial charge in [-0.15, -0.1) is 12.4 Å². The summed E-state index contributed by atoms with van der Waals surface area (Å²) >= 11 is 11.9. The topological polar surface area (TPSA) is 38.4 Å². The number of nitrogens with two attached hydrogens (primary N) is 1. The molecule has 0 aliphatic carbocycles. The van der Waals surface area contributed by atoms with Gasteiger partial charge in [-0.05, 0) is 25.1 Å². The first-order valence-corrected chi connectivity index (χ1v) is 4.77. The fourth-order valence-corrected chi connectivity index (χ4v) is 1.42. The maximum absolute atomic E-state index is 5.93. The maximum Gasteiger partial charge on any atom is 0.0957 e. The molecule has 1 aromatic carbocycles. The van der Waals surface area contributed by atoms with Gasteiger partial charge in [-0.1, -0.05) is 29.3 Å². The fourth-order valence-electron chi connectivity index (χ4n) is 0.899. The summed E-state index contributed by atoms with van der Waals surface area (Å²) in [7, 11) is 0. The highest BCUT2D eigenvalue weighted by Gasteiger charge is 1.99. The molecular formula is C10H11Cl3N2. The van der Waals surface area contributed by atoms with Crippen molar-refractivity contribution in [3.05, 3.63) is 40.0 Å². The lowest BCUT2D eigenvalue weighted by Gasteiger charge is -1.99. The molecule has 1 rings (SSSR count). The van der Waals surface area contributed by atoms with E-state index in [-0.39, 0.29) is 12.4 Å². The van der Waals surface area contributed by atoms with Crippen LogP contribution in [-0.2, 0) is 0 Å². The van der Waals surface area contributed by atoms with E-state index in [0.717, 1.165) is 5.56 Å². The number of amidine groups is 1. The molecule has 15 heavy (non-hydrogen) atoms. The van der Waals surface area contributed by atoms with Crippen LogP contribution >= 0.6 is 35.6 Å². The largest absolute Gasteiger partial charge is 0.387 e. The molecule has 5 heteroatoms. The van der Waals surface area contributed by atoms with E-state index in [1.807, 2.05) is 0 Å². The van der Waals surface area contributed by atoms with Gasteiger partial charge in [0.1, 0.15) is 0 Å². The molecule has 0 saturated heterocycles. The lowest BCUT2D eigenvalue weighted by atomic mass is 10.2. The van der Waals surface area contributed by atoms with Gasteiger partial charge in [0.25, 0.3) is 0 Å². The van der Waals surface area contributed by atoms with E-state index in [1.54, 1.807) is 37.4 Å². The molecule has 0 atom stereocenters. The van der Waals surface area contributed by atoms with Crippen molar-refractivity contribution in [2.45, 2.75) is 6.92 Å². The second kappa shape index (κ2) is 6.72. The van der Waals surface area contributed by atoms with Gasteiger partial charge in [-0.25, -0.2) is 4.99 Å². The van der Waals surface area contributed by atoms with Crippen molar-refractivity contribution >= 4 is 47.5 Å². The van der Waals surface area contributed by atoms with Crippen molar-refractivity contribution in [2.75, 3.05) is 0 Å². The van der Waals surface area contributed by atoms with Gasteiger partial charge in [0.15, 0.2) is 0 Å². The highest BCUT2D eigenvalue weighted by molar-refractivity contribution is 6.37. The zero-order valence-electron chi connectivity index (χ0n) is 8.08. The first-order chi connectivity index (χ1) is 6.61. The Morgan fingerprint density at radius 2 is 1.87 bits per heavy atom. The average molecular weight is 266 g/mol. The summed E-state index contributed by atoms with van der Waals surface area (Å²) in [5, 5.41) is 1.19. The van der Waals surface area contributed by atoms with Gasteiger partial charge in [-0.3, -0.25) is 0 Å². The number of benzene rings is 1. The lowest BCUT2D eigenvalue weighted by molar-refractivity contribution is 1.48. The maximum atomic E-state index is 5.93. The summed E-state index contributed by atoms with van der Waals surface area (Å²) in [6.45, 7) is 1.71. The standard InChI is InChI=1S/C10H10Cl2N2.ClH/c1-7(13)14-6-5-8-9(11)3-2-4-10(8)12;/h2-6H,1H3,(H2,13,14);1H. The van der Waals surface area contributed by atoms with Crippen LogP contribution in [0, 0.1) is 0 Å². The van der Waals surface area contributed by atoms with Crippen LogP contribution in [0.15, 0.2) is 29.4 Å². The molecule has 0 aliphatic rings. The van der Waals surface area contributed by atoms with Gasteiger partial charge in [0, 0.05) is 21.8 Å². The second-order valence-corrected chi connectivity index (χ2v) is 3.54. The summed E-state index contributed by atoms with van der Waals surface area (Å²) in [4.78, 5) is 3.90. The number of nitrogens with zero attached hydrogens (tertiary/aromatic N) is 1. The molecule has 0 aliphatic heterocycles. The van der Waals surface area contributed by atoms with Crippen LogP contribution < -0.4 is 5.73 Å². The molecule has 82 valence electrons. The summed E-state index contributed by atoms with van der Waals surface area (Å²) in [5.41, 5.74) is 6.12. The van der Waals surface area contributed by atoms with Gasteiger partial charge in [0.05, 0.1) is 5.84 Å². The van der Waals surface area contributed by atoms with Gasteiger partial charge in [0.2, 0.25) is 0 Å². The molecule has 2 N–H and O–H groups in total. The number of hydrogen-bond donors (Lipinski definition) is 1. The predicted octanol–water partition coefficient (Wildman–Crippen LogP) is 3.76. The third-order valence-electron chi connectivity index (χ3n) is 1.52. The first-order valence-electron chi connectivity index (χ1n) is 4.01. The van der Waals surface area contributed by atoms with Crippen LogP contribution in [0.4, 0.5) is 0 Å². The first kappa shape index (κ1) is 14.3. The van der Waals surface area contributed by atoms with Gasteiger partial charge < -0.3 is 5.73 Å². The lowest BCUT2D eigenvalue weighted by Crippen LogP contribution is -2.03. The molecule has 0 aromatic heterocycles. The minimum atomic E-state index is 0. The molecule has 0 amide bonds. The monoisotopic (exact) mass is 264 g/mol. The Balaban J connectivity index is 0.00000196. The Morgan fingerprint density at radius 3 is 2.33 bits per heavy atom. The quantitative estimate of drug-likeness (QED) is 0.642.